The fourth-order valence-corrected chi connectivity index (χ4v) is 3.57. The molecule has 7 nitrogen and oxygen atoms in total. The molecule has 0 fully saturated rings. The van der Waals surface area contributed by atoms with Crippen LogP contribution in [0.4, 0.5) is 0 Å². The predicted molar refractivity (Wildman–Crippen MR) is 135 cm³/mol. The maximum absolute atomic E-state index is 12.7. The van der Waals surface area contributed by atoms with E-state index in [1.54, 1.807) is 97.1 Å². The number of ether oxygens (including phenoxy) is 3. The van der Waals surface area contributed by atoms with Crippen LogP contribution in [0.15, 0.2) is 97.1 Å². The molecule has 0 aliphatic rings. The molecule has 0 aromatic heterocycles. The maximum atomic E-state index is 12.7. The number of hydrogen-bond acceptors (Lipinski definition) is 7. The van der Waals surface area contributed by atoms with Gasteiger partial charge in [-0.1, -0.05) is 24.3 Å². The van der Waals surface area contributed by atoms with Crippen LogP contribution in [0.1, 0.15) is 52.6 Å². The molecule has 37 heavy (non-hydrogen) atoms. The zero-order chi connectivity index (χ0) is 26.4. The van der Waals surface area contributed by atoms with Crippen LogP contribution < -0.4 is 4.74 Å². The van der Waals surface area contributed by atoms with E-state index in [1.165, 1.54) is 14.2 Å². The van der Waals surface area contributed by atoms with Crippen molar-refractivity contribution in [2.24, 2.45) is 0 Å². The van der Waals surface area contributed by atoms with E-state index in [9.17, 15) is 19.2 Å². The molecule has 4 aromatic carbocycles. The highest BCUT2D eigenvalue weighted by molar-refractivity contribution is 6.10. The molecule has 0 atom stereocenters. The topological polar surface area (TPSA) is 96.0 Å². The molecule has 0 amide bonds. The van der Waals surface area contributed by atoms with Crippen molar-refractivity contribution < 1.29 is 33.4 Å². The van der Waals surface area contributed by atoms with Crippen molar-refractivity contribution in [2.45, 2.75) is 0 Å². The summed E-state index contributed by atoms with van der Waals surface area (Å²) in [6.45, 7) is 0. The Morgan fingerprint density at radius 1 is 0.405 bits per heavy atom. The average Bonchev–Trinajstić information content (AvgIpc) is 2.96. The van der Waals surface area contributed by atoms with Crippen molar-refractivity contribution in [1.82, 2.24) is 0 Å². The highest BCUT2D eigenvalue weighted by Gasteiger charge is 2.13. The van der Waals surface area contributed by atoms with E-state index in [4.69, 9.17) is 4.74 Å². The van der Waals surface area contributed by atoms with Gasteiger partial charge < -0.3 is 14.2 Å². The molecule has 4 aromatic rings. The maximum Gasteiger partial charge on any atom is 0.337 e. The first-order valence-electron chi connectivity index (χ1n) is 11.2. The van der Waals surface area contributed by atoms with Gasteiger partial charge in [0.1, 0.15) is 11.5 Å². The Labute approximate surface area is 213 Å². The third-order valence-electron chi connectivity index (χ3n) is 5.61. The third-order valence-corrected chi connectivity index (χ3v) is 5.61. The summed E-state index contributed by atoms with van der Waals surface area (Å²) in [7, 11) is 2.60. The van der Waals surface area contributed by atoms with Gasteiger partial charge in [0.25, 0.3) is 0 Å². The summed E-state index contributed by atoms with van der Waals surface area (Å²) in [4.78, 5) is 48.6. The molecule has 0 saturated carbocycles. The number of ketones is 2. The molecular formula is C30H22O7. The minimum absolute atomic E-state index is 0.189. The fraction of sp³-hybridized carbons (Fsp3) is 0.0667. The van der Waals surface area contributed by atoms with Crippen LogP contribution in [0.3, 0.4) is 0 Å². The number of benzene rings is 4. The van der Waals surface area contributed by atoms with Crippen molar-refractivity contribution in [3.05, 3.63) is 130 Å². The lowest BCUT2D eigenvalue weighted by atomic mass is 10.0. The second-order valence-electron chi connectivity index (χ2n) is 7.95. The predicted octanol–water partition coefficient (Wildman–Crippen LogP) is 5.51. The van der Waals surface area contributed by atoms with Gasteiger partial charge in [-0.3, -0.25) is 9.59 Å². The lowest BCUT2D eigenvalue weighted by molar-refractivity contribution is 0.0592. The molecule has 0 heterocycles. The van der Waals surface area contributed by atoms with Crippen LogP contribution in [0.5, 0.6) is 11.5 Å². The van der Waals surface area contributed by atoms with Crippen molar-refractivity contribution in [3.63, 3.8) is 0 Å². The van der Waals surface area contributed by atoms with Gasteiger partial charge in [0.15, 0.2) is 11.6 Å². The molecule has 0 radical (unpaired) electrons. The molecule has 4 rings (SSSR count). The number of rotatable bonds is 8. The standard InChI is InChI=1S/C30H22O7/c1-35-29(33)23-7-3-19(4-8-23)27(31)21-11-15-25(16-12-21)37-26-17-13-22(14-18-26)28(32)20-5-9-24(10-6-20)30(34)36-2/h3-18H,1-2H3. The molecular weight excluding hydrogens is 472 g/mol. The van der Waals surface area contributed by atoms with E-state index in [-0.39, 0.29) is 11.6 Å². The molecule has 184 valence electrons. The third kappa shape index (κ3) is 5.79. The van der Waals surface area contributed by atoms with E-state index in [2.05, 4.69) is 9.47 Å². The van der Waals surface area contributed by atoms with Gasteiger partial charge in [0, 0.05) is 22.3 Å². The van der Waals surface area contributed by atoms with Gasteiger partial charge in [-0.15, -0.1) is 0 Å². The Morgan fingerprint density at radius 3 is 0.919 bits per heavy atom. The fourth-order valence-electron chi connectivity index (χ4n) is 3.57. The second-order valence-corrected chi connectivity index (χ2v) is 7.95. The number of methoxy groups -OCH3 is 2. The van der Waals surface area contributed by atoms with Gasteiger partial charge in [-0.2, -0.15) is 0 Å². The van der Waals surface area contributed by atoms with E-state index < -0.39 is 11.9 Å². The Balaban J connectivity index is 1.39. The quantitative estimate of drug-likeness (QED) is 0.235. The average molecular weight is 494 g/mol. The first-order chi connectivity index (χ1) is 17.9. The zero-order valence-electron chi connectivity index (χ0n) is 20.1. The van der Waals surface area contributed by atoms with Crippen molar-refractivity contribution >= 4 is 23.5 Å². The Morgan fingerprint density at radius 2 is 0.649 bits per heavy atom. The molecule has 0 bridgehead atoms. The van der Waals surface area contributed by atoms with E-state index >= 15 is 0 Å². The van der Waals surface area contributed by atoms with Crippen LogP contribution >= 0.6 is 0 Å². The molecule has 0 N–H and O–H groups in total. The van der Waals surface area contributed by atoms with Crippen LogP contribution in [-0.2, 0) is 9.47 Å². The summed E-state index contributed by atoms with van der Waals surface area (Å²) in [5.41, 5.74) is 2.57. The van der Waals surface area contributed by atoms with Crippen LogP contribution in [0.25, 0.3) is 0 Å². The van der Waals surface area contributed by atoms with E-state index in [1.807, 2.05) is 0 Å². The Kier molecular flexibility index (Phi) is 7.54. The first kappa shape index (κ1) is 25.1. The molecule has 0 aliphatic carbocycles. The highest BCUT2D eigenvalue weighted by Crippen LogP contribution is 2.24. The van der Waals surface area contributed by atoms with E-state index in [0.717, 1.165) is 0 Å². The SMILES string of the molecule is COC(=O)c1ccc(C(=O)c2ccc(Oc3ccc(C(=O)c4ccc(C(=O)OC)cc4)cc3)cc2)cc1. The summed E-state index contributed by atoms with van der Waals surface area (Å²) < 4.78 is 15.2. The molecule has 0 aliphatic heterocycles. The minimum atomic E-state index is -0.466. The van der Waals surface area contributed by atoms with Gasteiger partial charge in [0.2, 0.25) is 0 Å². The Bertz CT molecular complexity index is 1320. The van der Waals surface area contributed by atoms with Crippen LogP contribution in [0.2, 0.25) is 0 Å². The molecule has 7 heteroatoms. The lowest BCUT2D eigenvalue weighted by Crippen LogP contribution is -2.04. The van der Waals surface area contributed by atoms with Gasteiger partial charge in [-0.25, -0.2) is 9.59 Å². The molecule has 0 spiro atoms. The minimum Gasteiger partial charge on any atom is -0.465 e. The zero-order valence-corrected chi connectivity index (χ0v) is 20.1. The van der Waals surface area contributed by atoms with Crippen molar-refractivity contribution in [1.29, 1.82) is 0 Å². The van der Waals surface area contributed by atoms with Gasteiger partial charge in [-0.05, 0) is 72.8 Å². The van der Waals surface area contributed by atoms with Crippen LogP contribution in [0, 0.1) is 0 Å². The Hall–Kier alpha value is -5.04. The highest BCUT2D eigenvalue weighted by atomic mass is 16.5. The summed E-state index contributed by atoms with van der Waals surface area (Å²) in [5.74, 6) is -0.264. The monoisotopic (exact) mass is 494 g/mol. The number of esters is 2. The molecule has 0 unspecified atom stereocenters. The smallest absolute Gasteiger partial charge is 0.337 e. The summed E-state index contributed by atoms with van der Waals surface area (Å²) in [5, 5.41) is 0. The largest absolute Gasteiger partial charge is 0.465 e. The summed E-state index contributed by atoms with van der Waals surface area (Å²) in [6.07, 6.45) is 0. The number of hydrogen-bond donors (Lipinski definition) is 0. The first-order valence-corrected chi connectivity index (χ1v) is 11.2. The second kappa shape index (κ2) is 11.1. The number of carbonyl (C=O) groups excluding carboxylic acids is 4. The van der Waals surface area contributed by atoms with Crippen molar-refractivity contribution in [3.8, 4) is 11.5 Å². The number of carbonyl (C=O) groups is 4. The summed E-state index contributed by atoms with van der Waals surface area (Å²) >= 11 is 0. The summed E-state index contributed by atoms with van der Waals surface area (Å²) in [6, 6.07) is 25.8. The lowest BCUT2D eigenvalue weighted by Gasteiger charge is -2.08. The normalized spacial score (nSPS) is 10.3. The van der Waals surface area contributed by atoms with E-state index in [0.29, 0.717) is 44.9 Å². The van der Waals surface area contributed by atoms with Gasteiger partial charge >= 0.3 is 11.9 Å². The van der Waals surface area contributed by atoms with Crippen molar-refractivity contribution in [2.75, 3.05) is 14.2 Å². The molecule has 0 saturated heterocycles. The van der Waals surface area contributed by atoms with Gasteiger partial charge in [0.05, 0.1) is 25.3 Å². The van der Waals surface area contributed by atoms with Crippen LogP contribution in [-0.4, -0.2) is 37.7 Å².